The third kappa shape index (κ3) is 3.93. The quantitative estimate of drug-likeness (QED) is 0.898. The van der Waals surface area contributed by atoms with Crippen LogP contribution in [0.4, 0.5) is 14.5 Å². The maximum atomic E-state index is 13.6. The Morgan fingerprint density at radius 2 is 2.25 bits per heavy atom. The van der Waals surface area contributed by atoms with Crippen LogP contribution < -0.4 is 10.6 Å². The van der Waals surface area contributed by atoms with Crippen molar-refractivity contribution in [3.63, 3.8) is 0 Å². The van der Waals surface area contributed by atoms with Crippen molar-refractivity contribution < 1.29 is 13.6 Å². The van der Waals surface area contributed by atoms with Gasteiger partial charge < -0.3 is 10.6 Å². The van der Waals surface area contributed by atoms with Gasteiger partial charge in [-0.3, -0.25) is 14.7 Å². The Labute approximate surface area is 138 Å². The summed E-state index contributed by atoms with van der Waals surface area (Å²) in [5.41, 5.74) is 0.863. The van der Waals surface area contributed by atoms with Crippen molar-refractivity contribution >= 4 is 11.6 Å². The van der Waals surface area contributed by atoms with Gasteiger partial charge in [0.2, 0.25) is 5.91 Å². The molecule has 5 nitrogen and oxygen atoms in total. The second kappa shape index (κ2) is 7.46. The standard InChI is InChI=1S/C17H18F2N4O/c18-13-3-4-14(19)15(8-13)22-17(24)11-23-7-6-21-10-16(23)12-2-1-5-20-9-12/h1-5,8-9,16,21H,6-7,10-11H2,(H,22,24). The van der Waals surface area contributed by atoms with Gasteiger partial charge in [-0.2, -0.15) is 0 Å². The van der Waals surface area contributed by atoms with Crippen LogP contribution in [-0.4, -0.2) is 42.0 Å². The summed E-state index contributed by atoms with van der Waals surface area (Å²) in [4.78, 5) is 18.4. The Morgan fingerprint density at radius 1 is 1.38 bits per heavy atom. The van der Waals surface area contributed by atoms with Gasteiger partial charge in [0.15, 0.2) is 0 Å². The number of halogens is 2. The molecule has 1 aliphatic heterocycles. The summed E-state index contributed by atoms with van der Waals surface area (Å²) in [5, 5.41) is 5.73. The molecule has 1 fully saturated rings. The van der Waals surface area contributed by atoms with E-state index in [2.05, 4.69) is 15.6 Å². The second-order valence-corrected chi connectivity index (χ2v) is 5.65. The Kier molecular flexibility index (Phi) is 5.12. The first-order chi connectivity index (χ1) is 11.6. The van der Waals surface area contributed by atoms with Crippen LogP contribution in [0.1, 0.15) is 11.6 Å². The lowest BCUT2D eigenvalue weighted by molar-refractivity contribution is -0.118. The highest BCUT2D eigenvalue weighted by Gasteiger charge is 2.25. The largest absolute Gasteiger partial charge is 0.322 e. The molecule has 1 aromatic heterocycles. The smallest absolute Gasteiger partial charge is 0.238 e. The van der Waals surface area contributed by atoms with Crippen LogP contribution in [0.25, 0.3) is 0 Å². The van der Waals surface area contributed by atoms with Crippen molar-refractivity contribution in [3.8, 4) is 0 Å². The predicted molar refractivity (Wildman–Crippen MR) is 86.4 cm³/mol. The number of piperazine rings is 1. The SMILES string of the molecule is O=C(CN1CCNCC1c1cccnc1)Nc1cc(F)ccc1F. The molecule has 24 heavy (non-hydrogen) atoms. The van der Waals surface area contributed by atoms with E-state index in [-0.39, 0.29) is 24.2 Å². The van der Waals surface area contributed by atoms with Crippen LogP contribution in [0.15, 0.2) is 42.7 Å². The van der Waals surface area contributed by atoms with Crippen LogP contribution in [0.3, 0.4) is 0 Å². The zero-order chi connectivity index (χ0) is 16.9. The maximum Gasteiger partial charge on any atom is 0.238 e. The molecule has 0 spiro atoms. The molecule has 2 heterocycles. The average Bonchev–Trinajstić information content (AvgIpc) is 2.59. The topological polar surface area (TPSA) is 57.3 Å². The van der Waals surface area contributed by atoms with Crippen molar-refractivity contribution in [2.45, 2.75) is 6.04 Å². The molecule has 1 aliphatic rings. The molecule has 1 unspecified atom stereocenters. The highest BCUT2D eigenvalue weighted by molar-refractivity contribution is 5.92. The number of nitrogens with zero attached hydrogens (tertiary/aromatic N) is 2. The molecule has 0 radical (unpaired) electrons. The van der Waals surface area contributed by atoms with E-state index >= 15 is 0 Å². The van der Waals surface area contributed by atoms with Crippen LogP contribution in [0.2, 0.25) is 0 Å². The molecule has 1 aromatic carbocycles. The molecule has 7 heteroatoms. The summed E-state index contributed by atoms with van der Waals surface area (Å²) >= 11 is 0. The number of hydrogen-bond donors (Lipinski definition) is 2. The summed E-state index contributed by atoms with van der Waals surface area (Å²) < 4.78 is 26.8. The third-order valence-corrected chi connectivity index (χ3v) is 3.97. The van der Waals surface area contributed by atoms with Gasteiger partial charge in [0.25, 0.3) is 0 Å². The molecule has 0 aliphatic carbocycles. The summed E-state index contributed by atoms with van der Waals surface area (Å²) in [6.45, 7) is 2.24. The van der Waals surface area contributed by atoms with Gasteiger partial charge in [0.05, 0.1) is 12.2 Å². The first-order valence-electron chi connectivity index (χ1n) is 7.73. The first-order valence-corrected chi connectivity index (χ1v) is 7.73. The molecule has 1 amide bonds. The van der Waals surface area contributed by atoms with E-state index in [0.29, 0.717) is 13.1 Å². The van der Waals surface area contributed by atoms with E-state index in [9.17, 15) is 13.6 Å². The molecule has 126 valence electrons. The van der Waals surface area contributed by atoms with E-state index in [1.54, 1.807) is 12.4 Å². The normalized spacial score (nSPS) is 18.3. The van der Waals surface area contributed by atoms with E-state index < -0.39 is 11.6 Å². The fourth-order valence-electron chi connectivity index (χ4n) is 2.80. The number of carbonyl (C=O) groups is 1. The van der Waals surface area contributed by atoms with Gasteiger partial charge in [0.1, 0.15) is 11.6 Å². The summed E-state index contributed by atoms with van der Waals surface area (Å²) in [5.74, 6) is -1.63. The minimum absolute atomic E-state index is 0.00977. The van der Waals surface area contributed by atoms with Crippen LogP contribution in [-0.2, 0) is 4.79 Å². The minimum Gasteiger partial charge on any atom is -0.322 e. The van der Waals surface area contributed by atoms with Gasteiger partial charge in [-0.1, -0.05) is 6.07 Å². The third-order valence-electron chi connectivity index (χ3n) is 3.97. The molecule has 3 rings (SSSR count). The summed E-state index contributed by atoms with van der Waals surface area (Å²) in [6, 6.07) is 6.81. The fraction of sp³-hybridized carbons (Fsp3) is 0.294. The van der Waals surface area contributed by atoms with Crippen LogP contribution >= 0.6 is 0 Å². The maximum absolute atomic E-state index is 13.6. The lowest BCUT2D eigenvalue weighted by Crippen LogP contribution is -2.48. The van der Waals surface area contributed by atoms with Gasteiger partial charge in [-0.25, -0.2) is 8.78 Å². The number of rotatable bonds is 4. The zero-order valence-corrected chi connectivity index (χ0v) is 13.0. The number of anilines is 1. The number of pyridine rings is 1. The second-order valence-electron chi connectivity index (χ2n) is 5.65. The van der Waals surface area contributed by atoms with E-state index in [4.69, 9.17) is 0 Å². The molecule has 1 saturated heterocycles. The number of carbonyl (C=O) groups excluding carboxylic acids is 1. The van der Waals surface area contributed by atoms with Crippen molar-refractivity contribution in [1.29, 1.82) is 0 Å². The lowest BCUT2D eigenvalue weighted by atomic mass is 10.1. The van der Waals surface area contributed by atoms with Crippen LogP contribution in [0, 0.1) is 11.6 Å². The van der Waals surface area contributed by atoms with Gasteiger partial charge in [0, 0.05) is 44.1 Å². The summed E-state index contributed by atoms with van der Waals surface area (Å²) in [6.07, 6.45) is 3.47. The van der Waals surface area contributed by atoms with Gasteiger partial charge in [-0.05, 0) is 23.8 Å². The monoisotopic (exact) mass is 332 g/mol. The fourth-order valence-corrected chi connectivity index (χ4v) is 2.80. The molecule has 2 aromatic rings. The highest BCUT2D eigenvalue weighted by atomic mass is 19.1. The van der Waals surface area contributed by atoms with Gasteiger partial charge >= 0.3 is 0 Å². The lowest BCUT2D eigenvalue weighted by Gasteiger charge is -2.35. The summed E-state index contributed by atoms with van der Waals surface area (Å²) in [7, 11) is 0. The first kappa shape index (κ1) is 16.5. The number of nitrogens with one attached hydrogen (secondary N) is 2. The molecule has 0 saturated carbocycles. The number of hydrogen-bond acceptors (Lipinski definition) is 4. The van der Waals surface area contributed by atoms with E-state index in [0.717, 1.165) is 30.3 Å². The Morgan fingerprint density at radius 3 is 3.04 bits per heavy atom. The minimum atomic E-state index is -0.658. The van der Waals surface area contributed by atoms with Crippen LogP contribution in [0.5, 0.6) is 0 Å². The Hall–Kier alpha value is -2.38. The van der Waals surface area contributed by atoms with E-state index in [1.807, 2.05) is 17.0 Å². The molecular formula is C17H18F2N4O. The molecular weight excluding hydrogens is 314 g/mol. The predicted octanol–water partition coefficient (Wildman–Crippen LogP) is 1.94. The molecule has 0 bridgehead atoms. The molecule has 2 N–H and O–H groups in total. The van der Waals surface area contributed by atoms with Gasteiger partial charge in [-0.15, -0.1) is 0 Å². The van der Waals surface area contributed by atoms with Crippen molar-refractivity contribution in [2.24, 2.45) is 0 Å². The number of aromatic nitrogens is 1. The van der Waals surface area contributed by atoms with Crippen molar-refractivity contribution in [1.82, 2.24) is 15.2 Å². The number of benzene rings is 1. The number of amides is 1. The average molecular weight is 332 g/mol. The van der Waals surface area contributed by atoms with E-state index in [1.165, 1.54) is 0 Å². The zero-order valence-electron chi connectivity index (χ0n) is 13.0. The Bertz CT molecular complexity index is 711. The Balaban J connectivity index is 1.69. The molecule has 1 atom stereocenters. The van der Waals surface area contributed by atoms with Crippen molar-refractivity contribution in [2.75, 3.05) is 31.5 Å². The van der Waals surface area contributed by atoms with Crippen molar-refractivity contribution in [3.05, 3.63) is 59.9 Å². The highest BCUT2D eigenvalue weighted by Crippen LogP contribution is 2.21.